The van der Waals surface area contributed by atoms with Gasteiger partial charge in [-0.2, -0.15) is 0 Å². The average Bonchev–Trinajstić information content (AvgIpc) is 2.70. The normalized spacial score (nSPS) is 11.2. The minimum Gasteiger partial charge on any atom is -0.481 e. The molecule has 0 bridgehead atoms. The number of hydrogen-bond acceptors (Lipinski definition) is 4. The number of aromatic nitrogens is 2. The third kappa shape index (κ3) is 5.02. The van der Waals surface area contributed by atoms with Gasteiger partial charge in [0.25, 0.3) is 0 Å². The van der Waals surface area contributed by atoms with Crippen LogP contribution in [0.3, 0.4) is 0 Å². The zero-order chi connectivity index (χ0) is 21.0. The van der Waals surface area contributed by atoms with Crippen LogP contribution in [0.5, 0.6) is 0 Å². The van der Waals surface area contributed by atoms with Gasteiger partial charge in [-0.25, -0.2) is 14.4 Å². The molecule has 3 aromatic rings. The monoisotopic (exact) mass is 394 g/mol. The zero-order valence-corrected chi connectivity index (χ0v) is 16.5. The van der Waals surface area contributed by atoms with E-state index in [9.17, 15) is 14.0 Å². The van der Waals surface area contributed by atoms with Gasteiger partial charge in [0.1, 0.15) is 5.82 Å². The Labute approximate surface area is 168 Å². The van der Waals surface area contributed by atoms with Gasteiger partial charge in [0.2, 0.25) is 0 Å². The molecule has 29 heavy (non-hydrogen) atoms. The Bertz CT molecular complexity index is 1050. The molecular formula is C23H23FN2O3. The summed E-state index contributed by atoms with van der Waals surface area (Å²) in [6.07, 6.45) is 1.82. The van der Waals surface area contributed by atoms with Gasteiger partial charge >= 0.3 is 5.97 Å². The first-order valence-corrected chi connectivity index (χ1v) is 9.68. The number of rotatable bonds is 8. The van der Waals surface area contributed by atoms with Crippen molar-refractivity contribution in [2.75, 3.05) is 0 Å². The van der Waals surface area contributed by atoms with Crippen LogP contribution >= 0.6 is 0 Å². The van der Waals surface area contributed by atoms with Crippen LogP contribution in [-0.4, -0.2) is 26.8 Å². The van der Waals surface area contributed by atoms with Gasteiger partial charge in [0, 0.05) is 23.5 Å². The van der Waals surface area contributed by atoms with Crippen LogP contribution in [0.25, 0.3) is 22.3 Å². The molecule has 0 atom stereocenters. The van der Waals surface area contributed by atoms with Crippen LogP contribution in [0.15, 0.2) is 42.5 Å². The second-order valence-electron chi connectivity index (χ2n) is 7.35. The van der Waals surface area contributed by atoms with Crippen molar-refractivity contribution in [2.45, 2.75) is 39.5 Å². The van der Waals surface area contributed by atoms with Crippen molar-refractivity contribution in [1.29, 1.82) is 0 Å². The number of aliphatic carboxylic acids is 1. The predicted molar refractivity (Wildman–Crippen MR) is 109 cm³/mol. The van der Waals surface area contributed by atoms with Crippen molar-refractivity contribution >= 4 is 22.8 Å². The topological polar surface area (TPSA) is 80.2 Å². The molecule has 0 amide bonds. The van der Waals surface area contributed by atoms with Crippen molar-refractivity contribution in [3.05, 3.63) is 59.5 Å². The maximum Gasteiger partial charge on any atom is 0.303 e. The highest BCUT2D eigenvalue weighted by atomic mass is 19.1. The molecule has 1 N–H and O–H groups in total. The molecule has 2 aromatic carbocycles. The molecule has 0 aliphatic carbocycles. The van der Waals surface area contributed by atoms with Crippen LogP contribution < -0.4 is 0 Å². The minimum absolute atomic E-state index is 0.0410. The summed E-state index contributed by atoms with van der Waals surface area (Å²) in [6, 6.07) is 11.3. The standard InChI is InChI=1S/C23H23FN2O3/c1-14(2)23(29)16-9-12-18-20(13-16)25-19(5-3-4-6-21(27)28)22(26-18)15-7-10-17(24)11-8-15/h7-14H,3-6H2,1-2H3,(H,27,28). The van der Waals surface area contributed by atoms with Gasteiger partial charge in [0.05, 0.1) is 22.4 Å². The third-order valence-corrected chi connectivity index (χ3v) is 4.72. The first kappa shape index (κ1) is 20.6. The second kappa shape index (κ2) is 8.90. The molecule has 0 saturated carbocycles. The van der Waals surface area contributed by atoms with Crippen LogP contribution in [0, 0.1) is 11.7 Å². The van der Waals surface area contributed by atoms with E-state index in [1.54, 1.807) is 30.3 Å². The molecule has 6 heteroatoms. The van der Waals surface area contributed by atoms with Crippen LogP contribution in [0.4, 0.5) is 4.39 Å². The molecule has 1 aromatic heterocycles. The number of nitrogens with zero attached hydrogens (tertiary/aromatic N) is 2. The Morgan fingerprint density at radius 2 is 1.72 bits per heavy atom. The number of carboxylic acids is 1. The number of ketones is 1. The number of fused-ring (bicyclic) bond motifs is 1. The number of unbranched alkanes of at least 4 members (excludes halogenated alkanes) is 1. The van der Waals surface area contributed by atoms with Crippen LogP contribution in [-0.2, 0) is 11.2 Å². The summed E-state index contributed by atoms with van der Waals surface area (Å²) >= 11 is 0. The summed E-state index contributed by atoms with van der Waals surface area (Å²) in [5.74, 6) is -1.23. The number of aryl methyl sites for hydroxylation is 1. The summed E-state index contributed by atoms with van der Waals surface area (Å²) in [4.78, 5) is 32.6. The number of hydrogen-bond donors (Lipinski definition) is 1. The number of benzene rings is 2. The summed E-state index contributed by atoms with van der Waals surface area (Å²) in [5, 5.41) is 8.84. The van der Waals surface area contributed by atoms with Crippen molar-refractivity contribution in [2.24, 2.45) is 5.92 Å². The molecule has 0 saturated heterocycles. The van der Waals surface area contributed by atoms with E-state index in [-0.39, 0.29) is 23.9 Å². The maximum atomic E-state index is 13.3. The summed E-state index contributed by atoms with van der Waals surface area (Å²) in [5.41, 5.74) is 3.97. The fraction of sp³-hybridized carbons (Fsp3) is 0.304. The van der Waals surface area contributed by atoms with Crippen molar-refractivity contribution in [1.82, 2.24) is 9.97 Å². The van der Waals surface area contributed by atoms with Gasteiger partial charge in [0.15, 0.2) is 5.78 Å². The fourth-order valence-corrected chi connectivity index (χ4v) is 3.16. The van der Waals surface area contributed by atoms with Gasteiger partial charge in [-0.05, 0) is 61.7 Å². The Hall–Kier alpha value is -3.15. The van der Waals surface area contributed by atoms with Crippen LogP contribution in [0.2, 0.25) is 0 Å². The minimum atomic E-state index is -0.829. The van der Waals surface area contributed by atoms with Gasteiger partial charge in [-0.1, -0.05) is 13.8 Å². The first-order chi connectivity index (χ1) is 13.8. The molecular weight excluding hydrogens is 371 g/mol. The number of carboxylic acid groups (broad SMARTS) is 1. The van der Waals surface area contributed by atoms with E-state index >= 15 is 0 Å². The molecule has 5 nitrogen and oxygen atoms in total. The molecule has 0 spiro atoms. The Balaban J connectivity index is 2.02. The molecule has 0 aliphatic heterocycles. The van der Waals surface area contributed by atoms with E-state index in [1.165, 1.54) is 12.1 Å². The van der Waals surface area contributed by atoms with E-state index in [0.29, 0.717) is 47.2 Å². The highest BCUT2D eigenvalue weighted by Crippen LogP contribution is 2.26. The summed E-state index contributed by atoms with van der Waals surface area (Å²) in [6.45, 7) is 3.70. The summed E-state index contributed by atoms with van der Waals surface area (Å²) in [7, 11) is 0. The van der Waals surface area contributed by atoms with E-state index in [0.717, 1.165) is 5.56 Å². The molecule has 0 radical (unpaired) electrons. The second-order valence-corrected chi connectivity index (χ2v) is 7.35. The largest absolute Gasteiger partial charge is 0.481 e. The number of carbonyl (C=O) groups is 2. The number of carbonyl (C=O) groups excluding carboxylic acids is 1. The smallest absolute Gasteiger partial charge is 0.303 e. The van der Waals surface area contributed by atoms with Gasteiger partial charge in [-0.15, -0.1) is 0 Å². The maximum absolute atomic E-state index is 13.3. The van der Waals surface area contributed by atoms with Gasteiger partial charge in [-0.3, -0.25) is 9.59 Å². The Kier molecular flexibility index (Phi) is 6.32. The van der Waals surface area contributed by atoms with Crippen molar-refractivity contribution in [3.8, 4) is 11.3 Å². The molecule has 1 heterocycles. The molecule has 0 fully saturated rings. The first-order valence-electron chi connectivity index (χ1n) is 9.68. The Morgan fingerprint density at radius 3 is 2.38 bits per heavy atom. The highest BCUT2D eigenvalue weighted by molar-refractivity contribution is 6.00. The SMILES string of the molecule is CC(C)C(=O)c1ccc2nc(-c3ccc(F)cc3)c(CCCCC(=O)O)nc2c1. The average molecular weight is 394 g/mol. The molecule has 0 aliphatic rings. The zero-order valence-electron chi connectivity index (χ0n) is 16.5. The van der Waals surface area contributed by atoms with Crippen molar-refractivity contribution < 1.29 is 19.1 Å². The lowest BCUT2D eigenvalue weighted by molar-refractivity contribution is -0.137. The Morgan fingerprint density at radius 1 is 1.00 bits per heavy atom. The lowest BCUT2D eigenvalue weighted by Gasteiger charge is -2.11. The highest BCUT2D eigenvalue weighted by Gasteiger charge is 2.15. The fourth-order valence-electron chi connectivity index (χ4n) is 3.16. The summed E-state index contributed by atoms with van der Waals surface area (Å²) < 4.78 is 13.3. The predicted octanol–water partition coefficient (Wildman–Crippen LogP) is 5.07. The van der Waals surface area contributed by atoms with E-state index in [1.807, 2.05) is 13.8 Å². The lowest BCUT2D eigenvalue weighted by atomic mass is 10.00. The lowest BCUT2D eigenvalue weighted by Crippen LogP contribution is -2.08. The molecule has 150 valence electrons. The van der Waals surface area contributed by atoms with Crippen LogP contribution in [0.1, 0.15) is 49.2 Å². The van der Waals surface area contributed by atoms with Crippen molar-refractivity contribution in [3.63, 3.8) is 0 Å². The van der Waals surface area contributed by atoms with Gasteiger partial charge < -0.3 is 5.11 Å². The quantitative estimate of drug-likeness (QED) is 0.426. The number of halogens is 1. The molecule has 3 rings (SSSR count). The number of Topliss-reactive ketones (excluding diaryl/α,β-unsaturated/α-hetero) is 1. The molecule has 0 unspecified atom stereocenters. The van der Waals surface area contributed by atoms with E-state index in [2.05, 4.69) is 0 Å². The third-order valence-electron chi connectivity index (χ3n) is 4.72. The van der Waals surface area contributed by atoms with E-state index in [4.69, 9.17) is 15.1 Å². The van der Waals surface area contributed by atoms with E-state index < -0.39 is 5.97 Å².